The third kappa shape index (κ3) is 10.9. The minimum Gasteiger partial charge on any atom is -0.493 e. The number of benzene rings is 5. The molecule has 0 aromatic heterocycles. The zero-order chi connectivity index (χ0) is 33.9. The number of hydrogen-bond acceptors (Lipinski definition) is 3. The average Bonchev–Trinajstić information content (AvgIpc) is 3.07. The van der Waals surface area contributed by atoms with Crippen molar-refractivity contribution in [1.82, 2.24) is 4.90 Å². The van der Waals surface area contributed by atoms with Gasteiger partial charge < -0.3 is 15.4 Å². The summed E-state index contributed by atoms with van der Waals surface area (Å²) in [6, 6.07) is 37.6. The van der Waals surface area contributed by atoms with Crippen LogP contribution in [-0.2, 0) is 12.7 Å². The van der Waals surface area contributed by atoms with Crippen molar-refractivity contribution in [2.45, 2.75) is 25.1 Å². The van der Waals surface area contributed by atoms with E-state index in [4.69, 9.17) is 27.9 Å². The minimum atomic E-state index is -4.55. The van der Waals surface area contributed by atoms with Gasteiger partial charge in [-0.1, -0.05) is 114 Å². The van der Waals surface area contributed by atoms with Crippen LogP contribution in [0.25, 0.3) is 0 Å². The maximum atomic E-state index is 13.7. The topological polar surface area (TPSA) is 53.6 Å². The molecule has 0 unspecified atom stereocenters. The van der Waals surface area contributed by atoms with Crippen molar-refractivity contribution < 1.29 is 22.7 Å². The molecule has 5 aromatic rings. The second-order valence-corrected chi connectivity index (χ2v) is 12.0. The van der Waals surface area contributed by atoms with Crippen LogP contribution in [0.3, 0.4) is 0 Å². The van der Waals surface area contributed by atoms with Crippen LogP contribution in [0.5, 0.6) is 5.75 Å². The van der Waals surface area contributed by atoms with Crippen molar-refractivity contribution in [3.63, 3.8) is 0 Å². The first kappa shape index (κ1) is 37.6. The van der Waals surface area contributed by atoms with Gasteiger partial charge in [-0.2, -0.15) is 13.2 Å². The summed E-state index contributed by atoms with van der Waals surface area (Å²) in [4.78, 5) is 14.6. The summed E-state index contributed by atoms with van der Waals surface area (Å²) in [6.07, 6.45) is -3.97. The van der Waals surface area contributed by atoms with Crippen LogP contribution >= 0.6 is 35.6 Å². The third-order valence-electron chi connectivity index (χ3n) is 7.72. The number of hydrogen-bond donors (Lipinski definition) is 2. The van der Waals surface area contributed by atoms with E-state index in [9.17, 15) is 18.0 Å². The molecule has 0 radical (unpaired) electrons. The fourth-order valence-corrected chi connectivity index (χ4v) is 5.89. The normalized spacial score (nSPS) is 11.2. The van der Waals surface area contributed by atoms with Crippen LogP contribution in [0.2, 0.25) is 10.0 Å². The molecule has 256 valence electrons. The Balaban J connectivity index is 0.00000541. The third-order valence-corrected chi connectivity index (χ3v) is 8.50. The fourth-order valence-electron chi connectivity index (χ4n) is 5.42. The highest BCUT2D eigenvalue weighted by Gasteiger charge is 2.34. The van der Waals surface area contributed by atoms with Crippen LogP contribution in [-0.4, -0.2) is 30.6 Å². The van der Waals surface area contributed by atoms with Gasteiger partial charge in [-0.05, 0) is 53.4 Å². The number of halogens is 6. The molecule has 0 atom stereocenters. The van der Waals surface area contributed by atoms with Gasteiger partial charge in [0.25, 0.3) is 0 Å². The minimum absolute atomic E-state index is 0. The largest absolute Gasteiger partial charge is 0.493 e. The molecule has 2 N–H and O–H groups in total. The lowest BCUT2D eigenvalue weighted by atomic mass is 9.90. The molecule has 0 saturated heterocycles. The van der Waals surface area contributed by atoms with Crippen LogP contribution in [0.15, 0.2) is 127 Å². The predicted octanol–water partition coefficient (Wildman–Crippen LogP) is 11.2. The van der Waals surface area contributed by atoms with Crippen LogP contribution < -0.4 is 15.4 Å². The molecule has 0 heterocycles. The van der Waals surface area contributed by atoms with Gasteiger partial charge >= 0.3 is 12.2 Å². The van der Waals surface area contributed by atoms with E-state index < -0.39 is 17.8 Å². The molecule has 5 rings (SSSR count). The molecule has 0 saturated carbocycles. The van der Waals surface area contributed by atoms with Gasteiger partial charge in [0.1, 0.15) is 5.75 Å². The number of ether oxygens (including phenoxy) is 1. The number of para-hydroxylation sites is 1. The van der Waals surface area contributed by atoms with Gasteiger partial charge in [-0.15, -0.1) is 12.4 Å². The molecule has 0 spiro atoms. The quantitative estimate of drug-likeness (QED) is 0.119. The number of nitrogens with one attached hydrogen (secondary N) is 2. The van der Waals surface area contributed by atoms with Crippen molar-refractivity contribution in [3.05, 3.63) is 160 Å². The van der Waals surface area contributed by atoms with Crippen LogP contribution in [0.4, 0.5) is 29.3 Å². The van der Waals surface area contributed by atoms with E-state index in [0.717, 1.165) is 17.2 Å². The number of amides is 2. The Hall–Kier alpha value is -4.21. The van der Waals surface area contributed by atoms with Crippen molar-refractivity contribution in [3.8, 4) is 5.75 Å². The lowest BCUT2D eigenvalue weighted by Gasteiger charge is -2.29. The molecule has 0 aliphatic carbocycles. The Morgan fingerprint density at radius 3 is 2.06 bits per heavy atom. The van der Waals surface area contributed by atoms with E-state index in [-0.39, 0.29) is 29.9 Å². The van der Waals surface area contributed by atoms with Gasteiger partial charge in [0, 0.05) is 37.3 Å². The van der Waals surface area contributed by atoms with E-state index in [1.165, 1.54) is 6.07 Å². The summed E-state index contributed by atoms with van der Waals surface area (Å²) < 4.78 is 47.1. The Labute approximate surface area is 300 Å². The molecule has 5 aromatic carbocycles. The Kier molecular flexibility index (Phi) is 13.8. The summed E-state index contributed by atoms with van der Waals surface area (Å²) >= 11 is 12.5. The molecule has 5 nitrogen and oxygen atoms in total. The zero-order valence-corrected chi connectivity index (χ0v) is 28.6. The smallest absolute Gasteiger partial charge is 0.417 e. The average molecular weight is 729 g/mol. The summed E-state index contributed by atoms with van der Waals surface area (Å²) in [6.45, 7) is 1.63. The maximum Gasteiger partial charge on any atom is 0.417 e. The predicted molar refractivity (Wildman–Crippen MR) is 194 cm³/mol. The Morgan fingerprint density at radius 2 is 1.41 bits per heavy atom. The standard InChI is InChI=1S/C38H34Cl2F3N3O2.ClH/c39-34-20-7-8-21-35(34)45-37(47)44-30-17-10-18-31(24-30)48-23-11-22-46(25-29-16-9-19-33(36(29)40)38(41,42)43)26-32(27-12-3-1-4-13-27)28-14-5-2-6-15-28;/h1-10,12-21,24,32H,11,22-23,25-26H2,(H2,44,45,47);1H. The number of rotatable bonds is 13. The summed E-state index contributed by atoms with van der Waals surface area (Å²) in [5.74, 6) is 0.530. The van der Waals surface area contributed by atoms with E-state index in [1.807, 2.05) is 36.4 Å². The van der Waals surface area contributed by atoms with Gasteiger partial charge in [0.15, 0.2) is 0 Å². The molecular weight excluding hydrogens is 694 g/mol. The second-order valence-electron chi connectivity index (χ2n) is 11.2. The van der Waals surface area contributed by atoms with Gasteiger partial charge in [0.2, 0.25) is 0 Å². The second kappa shape index (κ2) is 18.0. The highest BCUT2D eigenvalue weighted by molar-refractivity contribution is 6.33. The maximum absolute atomic E-state index is 13.7. The first-order chi connectivity index (χ1) is 23.2. The van der Waals surface area contributed by atoms with Crippen LogP contribution in [0, 0.1) is 0 Å². The van der Waals surface area contributed by atoms with E-state index in [1.54, 1.807) is 54.6 Å². The Morgan fingerprint density at radius 1 is 0.776 bits per heavy atom. The molecule has 11 heteroatoms. The molecular formula is C38H35Cl3F3N3O2. The van der Waals surface area contributed by atoms with Crippen molar-refractivity contribution >= 4 is 53.0 Å². The fraction of sp³-hybridized carbons (Fsp3) is 0.184. The van der Waals surface area contributed by atoms with Crippen molar-refractivity contribution in [2.24, 2.45) is 0 Å². The van der Waals surface area contributed by atoms with Gasteiger partial charge in [-0.3, -0.25) is 4.90 Å². The summed E-state index contributed by atoms with van der Waals surface area (Å²) in [5.41, 5.74) is 2.78. The van der Waals surface area contributed by atoms with Crippen molar-refractivity contribution in [1.29, 1.82) is 0 Å². The SMILES string of the molecule is Cl.O=C(Nc1cccc(OCCCN(Cc2cccc(C(F)(F)F)c2Cl)CC(c2ccccc2)c2ccccc2)c1)Nc1ccccc1Cl. The first-order valence-electron chi connectivity index (χ1n) is 15.4. The van der Waals surface area contributed by atoms with Gasteiger partial charge in [-0.25, -0.2) is 4.79 Å². The highest BCUT2D eigenvalue weighted by Crippen LogP contribution is 2.37. The number of urea groups is 1. The number of carbonyl (C=O) groups is 1. The molecule has 0 aliphatic heterocycles. The lowest BCUT2D eigenvalue weighted by molar-refractivity contribution is -0.137. The monoisotopic (exact) mass is 727 g/mol. The summed E-state index contributed by atoms with van der Waals surface area (Å²) in [7, 11) is 0. The first-order valence-corrected chi connectivity index (χ1v) is 16.1. The highest BCUT2D eigenvalue weighted by atomic mass is 35.5. The number of anilines is 2. The van der Waals surface area contributed by atoms with Gasteiger partial charge in [0.05, 0.1) is 27.9 Å². The number of alkyl halides is 3. The zero-order valence-electron chi connectivity index (χ0n) is 26.3. The molecule has 0 fully saturated rings. The van der Waals surface area contributed by atoms with E-state index in [0.29, 0.717) is 53.8 Å². The Bertz CT molecular complexity index is 1750. The van der Waals surface area contributed by atoms with E-state index in [2.05, 4.69) is 39.8 Å². The van der Waals surface area contributed by atoms with Crippen LogP contribution in [0.1, 0.15) is 34.6 Å². The molecule has 0 aliphatic rings. The molecule has 0 bridgehead atoms. The number of carbonyl (C=O) groups excluding carboxylic acids is 1. The molecule has 2 amide bonds. The lowest BCUT2D eigenvalue weighted by Crippen LogP contribution is -2.31. The van der Waals surface area contributed by atoms with Crippen molar-refractivity contribution in [2.75, 3.05) is 30.3 Å². The molecule has 49 heavy (non-hydrogen) atoms. The summed E-state index contributed by atoms with van der Waals surface area (Å²) in [5, 5.41) is 5.63. The number of nitrogens with zero attached hydrogens (tertiary/aromatic N) is 1. The van der Waals surface area contributed by atoms with E-state index >= 15 is 0 Å².